The predicted molar refractivity (Wildman–Crippen MR) is 92.8 cm³/mol. The smallest absolute Gasteiger partial charge is 0.133 e. The van der Waals surface area contributed by atoms with Gasteiger partial charge in [0.15, 0.2) is 0 Å². The van der Waals surface area contributed by atoms with Crippen molar-refractivity contribution >= 4 is 21.7 Å². The molecule has 1 unspecified atom stereocenters. The van der Waals surface area contributed by atoms with Gasteiger partial charge >= 0.3 is 0 Å². The van der Waals surface area contributed by atoms with Crippen molar-refractivity contribution in [1.82, 2.24) is 15.2 Å². The van der Waals surface area contributed by atoms with Gasteiger partial charge in [0.2, 0.25) is 0 Å². The van der Waals surface area contributed by atoms with Crippen LogP contribution in [0.15, 0.2) is 16.7 Å². The molecule has 0 aromatic carbocycles. The van der Waals surface area contributed by atoms with Crippen LogP contribution in [-0.2, 0) is 6.54 Å². The number of rotatable bonds is 5. The lowest BCUT2D eigenvalue weighted by atomic mass is 10.1. The number of piperazine rings is 1. The van der Waals surface area contributed by atoms with E-state index < -0.39 is 0 Å². The first-order chi connectivity index (χ1) is 10.0. The monoisotopic (exact) mass is 354 g/mol. The van der Waals surface area contributed by atoms with Gasteiger partial charge < -0.3 is 10.2 Å². The van der Waals surface area contributed by atoms with Crippen LogP contribution in [0.25, 0.3) is 0 Å². The Morgan fingerprint density at radius 3 is 2.81 bits per heavy atom. The minimum Gasteiger partial charge on any atom is -0.354 e. The van der Waals surface area contributed by atoms with Crippen LogP contribution in [0.4, 0.5) is 5.82 Å². The molecule has 0 bridgehead atoms. The predicted octanol–water partition coefficient (Wildman–Crippen LogP) is 2.87. The summed E-state index contributed by atoms with van der Waals surface area (Å²) in [5, 5.41) is 3.50. The SMILES string of the molecule is CCN1CCN(c2ncc(Br)cc2CNC(C)C)CC1C. The molecule has 0 radical (unpaired) electrons. The molecule has 1 aliphatic heterocycles. The van der Waals surface area contributed by atoms with Gasteiger partial charge in [0.1, 0.15) is 5.82 Å². The van der Waals surface area contributed by atoms with Crippen LogP contribution in [-0.4, -0.2) is 48.1 Å². The number of nitrogens with zero attached hydrogens (tertiary/aromatic N) is 3. The third-order valence-corrected chi connectivity index (χ3v) is 4.51. The molecule has 2 rings (SSSR count). The van der Waals surface area contributed by atoms with E-state index in [1.807, 2.05) is 6.20 Å². The summed E-state index contributed by atoms with van der Waals surface area (Å²) in [6.07, 6.45) is 1.91. The van der Waals surface area contributed by atoms with E-state index in [1.165, 1.54) is 5.56 Å². The Morgan fingerprint density at radius 2 is 2.19 bits per heavy atom. The molecule has 1 fully saturated rings. The van der Waals surface area contributed by atoms with E-state index in [4.69, 9.17) is 0 Å². The maximum absolute atomic E-state index is 4.69. The van der Waals surface area contributed by atoms with E-state index in [1.54, 1.807) is 0 Å². The number of nitrogens with one attached hydrogen (secondary N) is 1. The van der Waals surface area contributed by atoms with Gasteiger partial charge in [-0.3, -0.25) is 4.90 Å². The van der Waals surface area contributed by atoms with Crippen molar-refractivity contribution in [2.45, 2.75) is 46.3 Å². The largest absolute Gasteiger partial charge is 0.354 e. The van der Waals surface area contributed by atoms with Gasteiger partial charge in [-0.05, 0) is 35.5 Å². The summed E-state index contributed by atoms with van der Waals surface area (Å²) in [5.41, 5.74) is 1.27. The topological polar surface area (TPSA) is 31.4 Å². The average Bonchev–Trinajstić information content (AvgIpc) is 2.45. The van der Waals surface area contributed by atoms with Gasteiger partial charge in [-0.25, -0.2) is 4.98 Å². The highest BCUT2D eigenvalue weighted by Gasteiger charge is 2.24. The second-order valence-electron chi connectivity index (χ2n) is 6.10. The van der Waals surface area contributed by atoms with Crippen molar-refractivity contribution in [3.05, 3.63) is 22.3 Å². The number of hydrogen-bond acceptors (Lipinski definition) is 4. The number of hydrogen-bond donors (Lipinski definition) is 1. The molecule has 1 saturated heterocycles. The second-order valence-corrected chi connectivity index (χ2v) is 7.01. The molecule has 1 aliphatic rings. The lowest BCUT2D eigenvalue weighted by Gasteiger charge is -2.40. The molecule has 1 aromatic heterocycles. The molecule has 0 amide bonds. The fourth-order valence-corrected chi connectivity index (χ4v) is 3.24. The van der Waals surface area contributed by atoms with Crippen LogP contribution in [0.2, 0.25) is 0 Å². The molecule has 0 spiro atoms. The Bertz CT molecular complexity index is 464. The summed E-state index contributed by atoms with van der Waals surface area (Å²) >= 11 is 3.54. The molecule has 1 atom stereocenters. The van der Waals surface area contributed by atoms with Gasteiger partial charge in [-0.2, -0.15) is 0 Å². The quantitative estimate of drug-likeness (QED) is 0.880. The van der Waals surface area contributed by atoms with Crippen LogP contribution >= 0.6 is 15.9 Å². The average molecular weight is 355 g/mol. The molecular weight excluding hydrogens is 328 g/mol. The van der Waals surface area contributed by atoms with E-state index in [-0.39, 0.29) is 0 Å². The third kappa shape index (κ3) is 4.41. The van der Waals surface area contributed by atoms with E-state index in [0.717, 1.165) is 43.0 Å². The van der Waals surface area contributed by atoms with Crippen molar-refractivity contribution in [1.29, 1.82) is 0 Å². The Kier molecular flexibility index (Phi) is 6.02. The van der Waals surface area contributed by atoms with Crippen LogP contribution in [0.5, 0.6) is 0 Å². The van der Waals surface area contributed by atoms with E-state index >= 15 is 0 Å². The lowest BCUT2D eigenvalue weighted by Crippen LogP contribution is -2.52. The van der Waals surface area contributed by atoms with Crippen molar-refractivity contribution < 1.29 is 0 Å². The highest BCUT2D eigenvalue weighted by atomic mass is 79.9. The van der Waals surface area contributed by atoms with E-state index in [2.05, 4.69) is 69.8 Å². The first-order valence-electron chi connectivity index (χ1n) is 7.88. The number of likely N-dealkylation sites (N-methyl/N-ethyl adjacent to an activating group) is 1. The molecular formula is C16H27BrN4. The summed E-state index contributed by atoms with van der Waals surface area (Å²) in [6.45, 7) is 14.1. The van der Waals surface area contributed by atoms with Gasteiger partial charge in [0.25, 0.3) is 0 Å². The summed E-state index contributed by atoms with van der Waals surface area (Å²) in [6, 6.07) is 3.25. The first-order valence-corrected chi connectivity index (χ1v) is 8.67. The molecule has 5 heteroatoms. The molecule has 0 aliphatic carbocycles. The number of anilines is 1. The Labute approximate surface area is 137 Å². The maximum atomic E-state index is 4.69. The van der Waals surface area contributed by atoms with Gasteiger partial charge in [0, 0.05) is 54.5 Å². The molecule has 4 nitrogen and oxygen atoms in total. The number of halogens is 1. The summed E-state index contributed by atoms with van der Waals surface area (Å²) < 4.78 is 1.05. The molecule has 0 saturated carbocycles. The third-order valence-electron chi connectivity index (χ3n) is 4.08. The lowest BCUT2D eigenvalue weighted by molar-refractivity contribution is 0.199. The fourth-order valence-electron chi connectivity index (χ4n) is 2.86. The number of aromatic nitrogens is 1. The zero-order valence-corrected chi connectivity index (χ0v) is 15.2. The Morgan fingerprint density at radius 1 is 1.43 bits per heavy atom. The summed E-state index contributed by atoms with van der Waals surface area (Å²) in [4.78, 5) is 9.65. The van der Waals surface area contributed by atoms with Gasteiger partial charge in [-0.15, -0.1) is 0 Å². The second kappa shape index (κ2) is 7.56. The van der Waals surface area contributed by atoms with Crippen molar-refractivity contribution in [2.75, 3.05) is 31.1 Å². The minimum atomic E-state index is 0.479. The Hall–Kier alpha value is -0.650. The van der Waals surface area contributed by atoms with E-state index in [9.17, 15) is 0 Å². The minimum absolute atomic E-state index is 0.479. The highest BCUT2D eigenvalue weighted by molar-refractivity contribution is 9.10. The fraction of sp³-hybridized carbons (Fsp3) is 0.688. The molecule has 1 N–H and O–H groups in total. The zero-order valence-electron chi connectivity index (χ0n) is 13.6. The first kappa shape index (κ1) is 16.7. The van der Waals surface area contributed by atoms with Crippen molar-refractivity contribution in [2.24, 2.45) is 0 Å². The summed E-state index contributed by atoms with van der Waals surface area (Å²) in [5.74, 6) is 1.13. The molecule has 21 heavy (non-hydrogen) atoms. The Balaban J connectivity index is 2.15. The molecule has 118 valence electrons. The van der Waals surface area contributed by atoms with Crippen LogP contribution < -0.4 is 10.2 Å². The van der Waals surface area contributed by atoms with Crippen molar-refractivity contribution in [3.8, 4) is 0 Å². The normalized spacial score (nSPS) is 20.3. The van der Waals surface area contributed by atoms with Gasteiger partial charge in [0.05, 0.1) is 0 Å². The standard InChI is InChI=1S/C16H27BrN4/c1-5-20-6-7-21(11-13(20)4)16-14(9-18-12(2)3)8-15(17)10-19-16/h8,10,12-13,18H,5-7,9,11H2,1-4H3. The summed E-state index contributed by atoms with van der Waals surface area (Å²) in [7, 11) is 0. The molecule has 1 aromatic rings. The van der Waals surface area contributed by atoms with Crippen LogP contribution in [0.1, 0.15) is 33.3 Å². The van der Waals surface area contributed by atoms with Crippen LogP contribution in [0, 0.1) is 0 Å². The van der Waals surface area contributed by atoms with E-state index in [0.29, 0.717) is 12.1 Å². The highest BCUT2D eigenvalue weighted by Crippen LogP contribution is 2.24. The van der Waals surface area contributed by atoms with Crippen LogP contribution in [0.3, 0.4) is 0 Å². The maximum Gasteiger partial charge on any atom is 0.133 e. The molecule has 2 heterocycles. The van der Waals surface area contributed by atoms with Crippen molar-refractivity contribution in [3.63, 3.8) is 0 Å². The zero-order chi connectivity index (χ0) is 15.4. The number of pyridine rings is 1. The van der Waals surface area contributed by atoms with Gasteiger partial charge in [-0.1, -0.05) is 20.8 Å².